The zero-order chi connectivity index (χ0) is 22.7. The lowest BCUT2D eigenvalue weighted by molar-refractivity contribution is -0.140. The van der Waals surface area contributed by atoms with Crippen LogP contribution in [-0.4, -0.2) is 65.5 Å². The van der Waals surface area contributed by atoms with E-state index in [1.807, 2.05) is 19.0 Å². The SMILES string of the molecule is CCOc1cc(C2/C(=C(/O)c3ccc(F)cc3)C(=O)C(=O)N2CCN(C)C)ccc1O. The molecule has 0 radical (unpaired) electrons. The summed E-state index contributed by atoms with van der Waals surface area (Å²) in [4.78, 5) is 29.0. The first-order valence-corrected chi connectivity index (χ1v) is 9.89. The molecule has 1 saturated heterocycles. The molecule has 1 amide bonds. The van der Waals surface area contributed by atoms with Crippen molar-refractivity contribution < 1.29 is 28.9 Å². The van der Waals surface area contributed by atoms with Gasteiger partial charge in [0.25, 0.3) is 11.7 Å². The van der Waals surface area contributed by atoms with E-state index >= 15 is 0 Å². The summed E-state index contributed by atoms with van der Waals surface area (Å²) in [5, 5.41) is 21.0. The number of amides is 1. The number of phenolic OH excluding ortho intramolecular Hbond substituents is 1. The van der Waals surface area contributed by atoms with Gasteiger partial charge >= 0.3 is 0 Å². The van der Waals surface area contributed by atoms with Crippen LogP contribution in [0.15, 0.2) is 48.0 Å². The predicted octanol–water partition coefficient (Wildman–Crippen LogP) is 2.91. The van der Waals surface area contributed by atoms with Crippen LogP contribution >= 0.6 is 0 Å². The number of hydrogen-bond acceptors (Lipinski definition) is 6. The molecule has 1 aliphatic heterocycles. The molecule has 2 aromatic rings. The number of aliphatic hydroxyl groups excluding tert-OH is 1. The number of benzene rings is 2. The van der Waals surface area contributed by atoms with Crippen molar-refractivity contribution in [3.05, 3.63) is 65.0 Å². The first kappa shape index (κ1) is 22.3. The standard InChI is InChI=1S/C23H25FN2O5/c1-4-31-18-13-15(7-10-17(18)27)20-19(21(28)14-5-8-16(24)9-6-14)22(29)23(30)26(20)12-11-25(2)3/h5-10,13,20,27-28H,4,11-12H2,1-3H3/b21-19-. The summed E-state index contributed by atoms with van der Waals surface area (Å²) in [5.41, 5.74) is 0.632. The molecule has 1 unspecified atom stereocenters. The van der Waals surface area contributed by atoms with E-state index < -0.39 is 23.5 Å². The van der Waals surface area contributed by atoms with E-state index in [1.54, 1.807) is 19.1 Å². The maximum atomic E-state index is 13.3. The van der Waals surface area contributed by atoms with Gasteiger partial charge in [0.15, 0.2) is 11.5 Å². The number of Topliss-reactive ketones (excluding diaryl/α,β-unsaturated/α-hetero) is 1. The van der Waals surface area contributed by atoms with Crippen LogP contribution in [0.4, 0.5) is 4.39 Å². The largest absolute Gasteiger partial charge is 0.507 e. The van der Waals surface area contributed by atoms with Crippen LogP contribution < -0.4 is 4.74 Å². The van der Waals surface area contributed by atoms with Gasteiger partial charge < -0.3 is 24.7 Å². The van der Waals surface area contributed by atoms with Gasteiger partial charge in [0.05, 0.1) is 18.2 Å². The Bertz CT molecular complexity index is 1020. The summed E-state index contributed by atoms with van der Waals surface area (Å²) in [6.07, 6.45) is 0. The predicted molar refractivity (Wildman–Crippen MR) is 113 cm³/mol. The van der Waals surface area contributed by atoms with Crippen molar-refractivity contribution in [3.63, 3.8) is 0 Å². The Morgan fingerprint density at radius 2 is 1.84 bits per heavy atom. The Morgan fingerprint density at radius 1 is 1.16 bits per heavy atom. The Hall–Kier alpha value is -3.39. The highest BCUT2D eigenvalue weighted by Gasteiger charge is 2.46. The van der Waals surface area contributed by atoms with Crippen LogP contribution in [0.25, 0.3) is 5.76 Å². The number of nitrogens with zero attached hydrogens (tertiary/aromatic N) is 2. The normalized spacial score (nSPS) is 18.1. The minimum atomic E-state index is -0.884. The number of carbonyl (C=O) groups is 2. The van der Waals surface area contributed by atoms with Crippen molar-refractivity contribution in [2.45, 2.75) is 13.0 Å². The van der Waals surface area contributed by atoms with E-state index in [9.17, 15) is 24.2 Å². The highest BCUT2D eigenvalue weighted by Crippen LogP contribution is 2.41. The van der Waals surface area contributed by atoms with Gasteiger partial charge in [0, 0.05) is 18.7 Å². The molecule has 0 spiro atoms. The van der Waals surface area contributed by atoms with Crippen molar-refractivity contribution >= 4 is 17.4 Å². The van der Waals surface area contributed by atoms with Crippen molar-refractivity contribution in [3.8, 4) is 11.5 Å². The molecule has 1 fully saturated rings. The zero-order valence-electron chi connectivity index (χ0n) is 17.6. The number of hydrogen-bond donors (Lipinski definition) is 2. The number of likely N-dealkylation sites (N-methyl/N-ethyl adjacent to an activating group) is 1. The van der Waals surface area contributed by atoms with Crippen molar-refractivity contribution in [1.29, 1.82) is 0 Å². The summed E-state index contributed by atoms with van der Waals surface area (Å²) in [5.74, 6) is -2.30. The Kier molecular flexibility index (Phi) is 6.60. The molecule has 0 aliphatic carbocycles. The fraction of sp³-hybridized carbons (Fsp3) is 0.304. The molecule has 0 saturated carbocycles. The maximum absolute atomic E-state index is 13.3. The van der Waals surface area contributed by atoms with E-state index in [2.05, 4.69) is 0 Å². The van der Waals surface area contributed by atoms with E-state index in [1.165, 1.54) is 35.2 Å². The molecule has 1 heterocycles. The second kappa shape index (κ2) is 9.18. The van der Waals surface area contributed by atoms with E-state index in [4.69, 9.17) is 4.74 Å². The zero-order valence-corrected chi connectivity index (χ0v) is 17.6. The summed E-state index contributed by atoms with van der Waals surface area (Å²) < 4.78 is 18.8. The summed E-state index contributed by atoms with van der Waals surface area (Å²) in [7, 11) is 3.69. The van der Waals surface area contributed by atoms with Crippen LogP contribution in [0.5, 0.6) is 11.5 Å². The third kappa shape index (κ3) is 4.54. The number of aliphatic hydroxyl groups is 1. The van der Waals surface area contributed by atoms with Gasteiger partial charge in [-0.3, -0.25) is 9.59 Å². The van der Waals surface area contributed by atoms with E-state index in [0.29, 0.717) is 18.7 Å². The van der Waals surface area contributed by atoms with Gasteiger partial charge in [-0.05, 0) is 63.0 Å². The van der Waals surface area contributed by atoms with Gasteiger partial charge in [0.1, 0.15) is 11.6 Å². The molecule has 2 aromatic carbocycles. The molecular weight excluding hydrogens is 403 g/mol. The second-order valence-electron chi connectivity index (χ2n) is 7.46. The summed E-state index contributed by atoms with van der Waals surface area (Å²) in [6.45, 7) is 2.82. The van der Waals surface area contributed by atoms with Crippen LogP contribution in [0, 0.1) is 5.82 Å². The molecule has 164 valence electrons. The minimum Gasteiger partial charge on any atom is -0.507 e. The van der Waals surface area contributed by atoms with E-state index in [-0.39, 0.29) is 34.9 Å². The lowest BCUT2D eigenvalue weighted by Crippen LogP contribution is -2.35. The third-order valence-electron chi connectivity index (χ3n) is 5.05. The second-order valence-corrected chi connectivity index (χ2v) is 7.46. The van der Waals surface area contributed by atoms with Gasteiger partial charge in [-0.2, -0.15) is 0 Å². The van der Waals surface area contributed by atoms with Crippen LogP contribution in [0.2, 0.25) is 0 Å². The number of likely N-dealkylation sites (tertiary alicyclic amines) is 1. The fourth-order valence-corrected chi connectivity index (χ4v) is 3.50. The number of phenols is 1. The minimum absolute atomic E-state index is 0.0747. The Labute approximate surface area is 180 Å². The lowest BCUT2D eigenvalue weighted by atomic mass is 9.95. The third-order valence-corrected chi connectivity index (χ3v) is 5.05. The highest BCUT2D eigenvalue weighted by molar-refractivity contribution is 6.46. The smallest absolute Gasteiger partial charge is 0.295 e. The maximum Gasteiger partial charge on any atom is 0.295 e. The van der Waals surface area contributed by atoms with Gasteiger partial charge in [-0.25, -0.2) is 4.39 Å². The molecule has 1 atom stereocenters. The van der Waals surface area contributed by atoms with Crippen LogP contribution in [0.3, 0.4) is 0 Å². The molecule has 2 N–H and O–H groups in total. The fourth-order valence-electron chi connectivity index (χ4n) is 3.50. The van der Waals surface area contributed by atoms with Crippen molar-refractivity contribution in [1.82, 2.24) is 9.80 Å². The van der Waals surface area contributed by atoms with Crippen LogP contribution in [-0.2, 0) is 9.59 Å². The first-order valence-electron chi connectivity index (χ1n) is 9.89. The molecule has 3 rings (SSSR count). The average molecular weight is 428 g/mol. The summed E-state index contributed by atoms with van der Waals surface area (Å²) >= 11 is 0. The quantitative estimate of drug-likeness (QED) is 0.400. The first-order chi connectivity index (χ1) is 14.7. The van der Waals surface area contributed by atoms with Crippen molar-refractivity contribution in [2.24, 2.45) is 0 Å². The number of carbonyl (C=O) groups excluding carboxylic acids is 2. The molecule has 0 aromatic heterocycles. The topological polar surface area (TPSA) is 90.3 Å². The number of rotatable bonds is 7. The molecule has 8 heteroatoms. The number of aromatic hydroxyl groups is 1. The van der Waals surface area contributed by atoms with Crippen molar-refractivity contribution in [2.75, 3.05) is 33.8 Å². The average Bonchev–Trinajstić information content (AvgIpc) is 2.98. The Morgan fingerprint density at radius 3 is 2.45 bits per heavy atom. The van der Waals surface area contributed by atoms with E-state index in [0.717, 1.165) is 0 Å². The van der Waals surface area contributed by atoms with Gasteiger partial charge in [0.2, 0.25) is 0 Å². The lowest BCUT2D eigenvalue weighted by Gasteiger charge is -2.27. The number of ether oxygens (including phenoxy) is 1. The molecule has 7 nitrogen and oxygen atoms in total. The number of ketones is 1. The van der Waals surface area contributed by atoms with Crippen LogP contribution in [0.1, 0.15) is 24.1 Å². The van der Waals surface area contributed by atoms with Gasteiger partial charge in [-0.15, -0.1) is 0 Å². The monoisotopic (exact) mass is 428 g/mol. The molecule has 31 heavy (non-hydrogen) atoms. The molecule has 0 bridgehead atoms. The molecular formula is C23H25FN2O5. The number of halogens is 1. The van der Waals surface area contributed by atoms with Gasteiger partial charge in [-0.1, -0.05) is 6.07 Å². The Balaban J connectivity index is 2.17. The molecule has 1 aliphatic rings. The highest BCUT2D eigenvalue weighted by atomic mass is 19.1. The summed E-state index contributed by atoms with van der Waals surface area (Å²) in [6, 6.07) is 8.69.